The number of carbonyl (C=O) groups is 1. The number of benzene rings is 1. The van der Waals surface area contributed by atoms with Crippen LogP contribution in [0.4, 0.5) is 11.5 Å². The van der Waals surface area contributed by atoms with Crippen LogP contribution in [-0.2, 0) is 4.79 Å². The Morgan fingerprint density at radius 1 is 1.26 bits per heavy atom. The average molecular weight is 381 g/mol. The maximum absolute atomic E-state index is 12.2. The van der Waals surface area contributed by atoms with E-state index in [2.05, 4.69) is 20.2 Å². The Balaban J connectivity index is 1.61. The van der Waals surface area contributed by atoms with Gasteiger partial charge in [0, 0.05) is 29.5 Å². The SMILES string of the molecule is Cc1cc(Cl)cc(-c2nccn2-c2ncc3c(n2)N2CCCC2C(=O)N3)c1. The molecular weight excluding hydrogens is 364 g/mol. The van der Waals surface area contributed by atoms with Crippen molar-refractivity contribution >= 4 is 29.0 Å². The van der Waals surface area contributed by atoms with Gasteiger partial charge in [0.25, 0.3) is 0 Å². The van der Waals surface area contributed by atoms with E-state index < -0.39 is 0 Å². The minimum absolute atomic E-state index is 0.0223. The molecule has 1 aromatic carbocycles. The molecule has 4 heterocycles. The Bertz CT molecular complexity index is 1040. The molecule has 8 heteroatoms. The zero-order valence-electron chi connectivity index (χ0n) is 14.7. The number of nitrogens with zero attached hydrogens (tertiary/aromatic N) is 5. The van der Waals surface area contributed by atoms with Gasteiger partial charge in [0.2, 0.25) is 11.9 Å². The number of anilines is 2. The predicted octanol–water partition coefficient (Wildman–Crippen LogP) is 3.21. The third-order valence-corrected chi connectivity index (χ3v) is 5.22. The molecule has 136 valence electrons. The van der Waals surface area contributed by atoms with Crippen molar-refractivity contribution in [1.29, 1.82) is 0 Å². The van der Waals surface area contributed by atoms with Crippen molar-refractivity contribution in [3.05, 3.63) is 47.4 Å². The first kappa shape index (κ1) is 16.3. The largest absolute Gasteiger partial charge is 0.343 e. The van der Waals surface area contributed by atoms with Gasteiger partial charge in [-0.1, -0.05) is 11.6 Å². The number of fused-ring (bicyclic) bond motifs is 3. The molecule has 27 heavy (non-hydrogen) atoms. The molecule has 0 radical (unpaired) electrons. The molecule has 5 rings (SSSR count). The molecule has 1 fully saturated rings. The summed E-state index contributed by atoms with van der Waals surface area (Å²) >= 11 is 6.22. The molecule has 3 aromatic rings. The maximum atomic E-state index is 12.2. The Hall–Kier alpha value is -2.93. The predicted molar refractivity (Wildman–Crippen MR) is 103 cm³/mol. The van der Waals surface area contributed by atoms with E-state index in [0.717, 1.165) is 42.2 Å². The summed E-state index contributed by atoms with van der Waals surface area (Å²) in [7, 11) is 0. The van der Waals surface area contributed by atoms with Gasteiger partial charge in [0.05, 0.1) is 6.20 Å². The second-order valence-corrected chi connectivity index (χ2v) is 7.32. The molecule has 1 N–H and O–H groups in total. The quantitative estimate of drug-likeness (QED) is 0.738. The summed E-state index contributed by atoms with van der Waals surface area (Å²) in [5, 5.41) is 3.58. The summed E-state index contributed by atoms with van der Waals surface area (Å²) in [6, 6.07) is 5.67. The van der Waals surface area contributed by atoms with Crippen molar-refractivity contribution in [3.63, 3.8) is 0 Å². The molecule has 0 bridgehead atoms. The molecule has 1 atom stereocenters. The first-order valence-electron chi connectivity index (χ1n) is 8.86. The number of hydrogen-bond donors (Lipinski definition) is 1. The summed E-state index contributed by atoms with van der Waals surface area (Å²) < 4.78 is 1.84. The summed E-state index contributed by atoms with van der Waals surface area (Å²) in [6.07, 6.45) is 7.04. The fraction of sp³-hybridized carbons (Fsp3) is 0.263. The van der Waals surface area contributed by atoms with Crippen molar-refractivity contribution in [3.8, 4) is 17.3 Å². The highest BCUT2D eigenvalue weighted by molar-refractivity contribution is 6.30. The summed E-state index contributed by atoms with van der Waals surface area (Å²) in [5.41, 5.74) is 2.61. The summed E-state index contributed by atoms with van der Waals surface area (Å²) in [6.45, 7) is 2.82. The van der Waals surface area contributed by atoms with E-state index in [1.54, 1.807) is 12.4 Å². The highest BCUT2D eigenvalue weighted by Gasteiger charge is 2.37. The first-order chi connectivity index (χ1) is 13.1. The Labute approximate surface area is 161 Å². The topological polar surface area (TPSA) is 75.9 Å². The third-order valence-electron chi connectivity index (χ3n) is 5.00. The number of nitrogens with one attached hydrogen (secondary N) is 1. The minimum atomic E-state index is -0.141. The lowest BCUT2D eigenvalue weighted by atomic mass is 10.1. The van der Waals surface area contributed by atoms with Crippen LogP contribution in [0, 0.1) is 6.92 Å². The van der Waals surface area contributed by atoms with E-state index in [-0.39, 0.29) is 11.9 Å². The van der Waals surface area contributed by atoms with Gasteiger partial charge in [-0.3, -0.25) is 9.36 Å². The van der Waals surface area contributed by atoms with Crippen molar-refractivity contribution in [1.82, 2.24) is 19.5 Å². The van der Waals surface area contributed by atoms with Crippen LogP contribution in [-0.4, -0.2) is 38.0 Å². The lowest BCUT2D eigenvalue weighted by Gasteiger charge is -2.31. The summed E-state index contributed by atoms with van der Waals surface area (Å²) in [5.74, 6) is 2.03. The van der Waals surface area contributed by atoms with E-state index in [9.17, 15) is 4.79 Å². The molecular formula is C19H17ClN6O. The number of aryl methyl sites for hydroxylation is 1. The number of hydrogen-bond acceptors (Lipinski definition) is 5. The van der Waals surface area contributed by atoms with E-state index >= 15 is 0 Å². The Morgan fingerprint density at radius 2 is 2.15 bits per heavy atom. The zero-order chi connectivity index (χ0) is 18.5. The van der Waals surface area contributed by atoms with Gasteiger partial charge in [0.15, 0.2) is 5.82 Å². The number of rotatable bonds is 2. The van der Waals surface area contributed by atoms with Gasteiger partial charge in [-0.2, -0.15) is 4.98 Å². The number of imidazole rings is 1. The second-order valence-electron chi connectivity index (χ2n) is 6.89. The van der Waals surface area contributed by atoms with Crippen LogP contribution in [0.5, 0.6) is 0 Å². The highest BCUT2D eigenvalue weighted by atomic mass is 35.5. The van der Waals surface area contributed by atoms with Crippen molar-refractivity contribution in [2.45, 2.75) is 25.8 Å². The average Bonchev–Trinajstić information content (AvgIpc) is 3.31. The van der Waals surface area contributed by atoms with Gasteiger partial charge in [-0.05, 0) is 43.5 Å². The van der Waals surface area contributed by atoms with Gasteiger partial charge >= 0.3 is 0 Å². The number of halogens is 1. The normalized spacial score (nSPS) is 18.2. The maximum Gasteiger partial charge on any atom is 0.247 e. The molecule has 1 unspecified atom stereocenters. The Morgan fingerprint density at radius 3 is 3.00 bits per heavy atom. The van der Waals surface area contributed by atoms with E-state index in [0.29, 0.717) is 16.7 Å². The molecule has 7 nitrogen and oxygen atoms in total. The monoisotopic (exact) mass is 380 g/mol. The van der Waals surface area contributed by atoms with Crippen LogP contribution in [0.15, 0.2) is 36.8 Å². The van der Waals surface area contributed by atoms with Crippen LogP contribution in [0.2, 0.25) is 5.02 Å². The van der Waals surface area contributed by atoms with Gasteiger partial charge in [-0.25, -0.2) is 9.97 Å². The third kappa shape index (κ3) is 2.66. The molecule has 1 amide bonds. The second kappa shape index (κ2) is 6.06. The molecule has 1 saturated heterocycles. The lowest BCUT2D eigenvalue weighted by Crippen LogP contribution is -2.44. The standard InChI is InChI=1S/C19H17ClN6O/c1-11-7-12(9-13(20)8-11)16-21-4-6-26(16)19-22-10-14-17(24-19)25-5-2-3-15(25)18(27)23-14/h4,6-10,15H,2-3,5H2,1H3,(H,23,27). The first-order valence-corrected chi connectivity index (χ1v) is 9.24. The molecule has 0 saturated carbocycles. The Kier molecular flexibility index (Phi) is 3.65. The molecule has 0 spiro atoms. The molecule has 2 aliphatic rings. The smallest absolute Gasteiger partial charge is 0.247 e. The van der Waals surface area contributed by atoms with E-state index in [1.165, 1.54) is 0 Å². The molecule has 2 aromatic heterocycles. The fourth-order valence-electron chi connectivity index (χ4n) is 3.84. The van der Waals surface area contributed by atoms with Crippen LogP contribution in [0.3, 0.4) is 0 Å². The molecule has 2 aliphatic heterocycles. The van der Waals surface area contributed by atoms with Crippen LogP contribution < -0.4 is 10.2 Å². The minimum Gasteiger partial charge on any atom is -0.343 e. The van der Waals surface area contributed by atoms with Gasteiger partial charge in [-0.15, -0.1) is 0 Å². The lowest BCUT2D eigenvalue weighted by molar-refractivity contribution is -0.117. The van der Waals surface area contributed by atoms with Gasteiger partial charge < -0.3 is 10.2 Å². The number of aromatic nitrogens is 4. The van der Waals surface area contributed by atoms with Crippen LogP contribution in [0.25, 0.3) is 17.3 Å². The number of carbonyl (C=O) groups excluding carboxylic acids is 1. The van der Waals surface area contributed by atoms with Crippen LogP contribution >= 0.6 is 11.6 Å². The van der Waals surface area contributed by atoms with Crippen LogP contribution in [0.1, 0.15) is 18.4 Å². The van der Waals surface area contributed by atoms with Crippen molar-refractivity contribution in [2.75, 3.05) is 16.8 Å². The fourth-order valence-corrected chi connectivity index (χ4v) is 4.13. The zero-order valence-corrected chi connectivity index (χ0v) is 15.4. The van der Waals surface area contributed by atoms with Crippen molar-refractivity contribution in [2.24, 2.45) is 0 Å². The molecule has 0 aliphatic carbocycles. The highest BCUT2D eigenvalue weighted by Crippen LogP contribution is 2.35. The van der Waals surface area contributed by atoms with E-state index in [4.69, 9.17) is 16.6 Å². The van der Waals surface area contributed by atoms with Gasteiger partial charge in [0.1, 0.15) is 17.6 Å². The number of amides is 1. The summed E-state index contributed by atoms with van der Waals surface area (Å²) in [4.78, 5) is 28.0. The van der Waals surface area contributed by atoms with Crippen molar-refractivity contribution < 1.29 is 4.79 Å². The van der Waals surface area contributed by atoms with E-state index in [1.807, 2.05) is 35.9 Å².